The highest BCUT2D eigenvalue weighted by atomic mass is 16.1. The zero-order chi connectivity index (χ0) is 23.7. The first-order valence-electron chi connectivity index (χ1n) is 11.4. The molecule has 1 N–H and O–H groups in total. The fourth-order valence-electron chi connectivity index (χ4n) is 4.61. The number of para-hydroxylation sites is 1. The van der Waals surface area contributed by atoms with Crippen molar-refractivity contribution in [1.82, 2.24) is 9.55 Å². The molecule has 5 rings (SSSR count). The van der Waals surface area contributed by atoms with Crippen LogP contribution in [0.25, 0.3) is 16.6 Å². The van der Waals surface area contributed by atoms with Crippen LogP contribution in [-0.4, -0.2) is 21.2 Å². The van der Waals surface area contributed by atoms with E-state index in [9.17, 15) is 14.9 Å². The molecule has 0 bridgehead atoms. The van der Waals surface area contributed by atoms with E-state index in [1.165, 1.54) is 5.56 Å². The lowest BCUT2D eigenvalue weighted by molar-refractivity contribution is -0.121. The molecule has 2 aromatic carbocycles. The molecule has 1 amide bonds. The number of hydrogen-bond acceptors (Lipinski definition) is 4. The number of benzene rings is 2. The van der Waals surface area contributed by atoms with E-state index in [2.05, 4.69) is 16.4 Å². The summed E-state index contributed by atoms with van der Waals surface area (Å²) in [6, 6.07) is 21.9. The molecule has 0 saturated heterocycles. The number of anilines is 1. The lowest BCUT2D eigenvalue weighted by Gasteiger charge is -2.29. The molecule has 0 spiro atoms. The van der Waals surface area contributed by atoms with Crippen molar-refractivity contribution < 1.29 is 9.59 Å². The molecule has 1 aliphatic rings. The van der Waals surface area contributed by atoms with Gasteiger partial charge in [0.25, 0.3) is 5.91 Å². The molecule has 1 saturated carbocycles. The minimum atomic E-state index is -0.738. The van der Waals surface area contributed by atoms with Crippen LogP contribution in [-0.2, 0) is 10.2 Å². The number of amides is 1. The van der Waals surface area contributed by atoms with Crippen LogP contribution >= 0.6 is 0 Å². The maximum absolute atomic E-state index is 13.2. The minimum Gasteiger partial charge on any atom is -0.321 e. The molecule has 2 heterocycles. The van der Waals surface area contributed by atoms with Gasteiger partial charge in [0.05, 0.1) is 34.7 Å². The van der Waals surface area contributed by atoms with Crippen molar-refractivity contribution in [2.24, 2.45) is 0 Å². The summed E-state index contributed by atoms with van der Waals surface area (Å²) in [7, 11) is 0. The van der Waals surface area contributed by atoms with Crippen molar-refractivity contribution in [3.8, 4) is 11.8 Å². The quantitative estimate of drug-likeness (QED) is 0.447. The molecule has 34 heavy (non-hydrogen) atoms. The summed E-state index contributed by atoms with van der Waals surface area (Å²) in [5.74, 6) is -0.0329. The molecule has 1 fully saturated rings. The number of hydrogen-bond donors (Lipinski definition) is 1. The first-order valence-corrected chi connectivity index (χ1v) is 11.4. The van der Waals surface area contributed by atoms with Crippen molar-refractivity contribution in [2.45, 2.75) is 38.0 Å². The second-order valence-electron chi connectivity index (χ2n) is 8.88. The van der Waals surface area contributed by atoms with Gasteiger partial charge in [0.1, 0.15) is 11.2 Å². The van der Waals surface area contributed by atoms with Crippen molar-refractivity contribution >= 4 is 28.3 Å². The van der Waals surface area contributed by atoms with Crippen LogP contribution in [0.15, 0.2) is 73.1 Å². The number of Topliss-reactive ketones (excluding diaryl/α,β-unsaturated/α-hetero) is 1. The average molecular weight is 449 g/mol. The zero-order valence-corrected chi connectivity index (χ0v) is 18.9. The van der Waals surface area contributed by atoms with Gasteiger partial charge in [-0.05, 0) is 50.1 Å². The summed E-state index contributed by atoms with van der Waals surface area (Å²) < 4.78 is 2.02. The van der Waals surface area contributed by atoms with Gasteiger partial charge in [0, 0.05) is 30.1 Å². The monoisotopic (exact) mass is 448 g/mol. The molecule has 0 aliphatic heterocycles. The molecule has 168 valence electrons. The van der Waals surface area contributed by atoms with Crippen molar-refractivity contribution in [3.05, 3.63) is 89.9 Å². The van der Waals surface area contributed by atoms with Crippen LogP contribution in [0.2, 0.25) is 0 Å². The normalized spacial score (nSPS) is 15.1. The Labute approximate surface area is 197 Å². The Bertz CT molecular complexity index is 1420. The third kappa shape index (κ3) is 3.86. The van der Waals surface area contributed by atoms with Crippen LogP contribution in [0, 0.1) is 18.3 Å². The van der Waals surface area contributed by atoms with E-state index < -0.39 is 5.41 Å². The summed E-state index contributed by atoms with van der Waals surface area (Å²) in [6.45, 7) is 2.04. The van der Waals surface area contributed by atoms with Crippen LogP contribution < -0.4 is 5.32 Å². The highest BCUT2D eigenvalue weighted by molar-refractivity contribution is 6.13. The molecule has 0 unspecified atom stereocenters. The Hall–Kier alpha value is -4.24. The molecule has 0 atom stereocenters. The largest absolute Gasteiger partial charge is 0.321 e. The summed E-state index contributed by atoms with van der Waals surface area (Å²) >= 11 is 0. The number of aromatic nitrogens is 2. The van der Waals surface area contributed by atoms with Gasteiger partial charge in [0.15, 0.2) is 0 Å². The SMILES string of the molecule is Cc1ccc(-n2cc(C(=O)Nc3ccc(C4(C#N)CCC(=O)CC4)nc3)c3ccccc32)cc1. The zero-order valence-electron chi connectivity index (χ0n) is 18.9. The lowest BCUT2D eigenvalue weighted by Crippen LogP contribution is -2.31. The van der Waals surface area contributed by atoms with Gasteiger partial charge in [-0.25, -0.2) is 0 Å². The van der Waals surface area contributed by atoms with E-state index in [0.29, 0.717) is 42.6 Å². The van der Waals surface area contributed by atoms with Crippen LogP contribution in [0.3, 0.4) is 0 Å². The lowest BCUT2D eigenvalue weighted by atomic mass is 9.72. The smallest absolute Gasteiger partial charge is 0.257 e. The Morgan fingerprint density at radius 1 is 1.06 bits per heavy atom. The van der Waals surface area contributed by atoms with Gasteiger partial charge in [-0.15, -0.1) is 0 Å². The molecule has 1 aliphatic carbocycles. The molecule has 4 aromatic rings. The first kappa shape index (κ1) is 21.6. The van der Waals surface area contributed by atoms with Gasteiger partial charge in [-0.3, -0.25) is 14.6 Å². The van der Waals surface area contributed by atoms with Crippen molar-refractivity contribution in [2.75, 3.05) is 5.32 Å². The number of nitriles is 1. The van der Waals surface area contributed by atoms with E-state index in [-0.39, 0.29) is 11.7 Å². The third-order valence-corrected chi connectivity index (χ3v) is 6.66. The maximum atomic E-state index is 13.2. The summed E-state index contributed by atoms with van der Waals surface area (Å²) in [5, 5.41) is 13.6. The number of nitrogens with one attached hydrogen (secondary N) is 1. The summed E-state index contributed by atoms with van der Waals surface area (Å²) in [6.07, 6.45) is 5.22. The standard InChI is InChI=1S/C28H24N4O2/c1-19-6-9-21(10-7-19)32-17-24(23-4-2-3-5-25(23)32)27(34)31-20-8-11-26(30-16-20)28(18-29)14-12-22(33)13-15-28/h2-11,16-17H,12-15H2,1H3,(H,31,34). The minimum absolute atomic E-state index is 0.194. The first-order chi connectivity index (χ1) is 16.5. The van der Waals surface area contributed by atoms with E-state index in [1.807, 2.05) is 66.2 Å². The number of rotatable bonds is 4. The summed E-state index contributed by atoms with van der Waals surface area (Å²) in [5.41, 5.74) is 4.15. The topological polar surface area (TPSA) is 87.8 Å². The van der Waals surface area contributed by atoms with Crippen LogP contribution in [0.5, 0.6) is 0 Å². The number of fused-ring (bicyclic) bond motifs is 1. The average Bonchev–Trinajstić information content (AvgIpc) is 3.26. The Balaban J connectivity index is 1.42. The Morgan fingerprint density at radius 2 is 1.79 bits per heavy atom. The van der Waals surface area contributed by atoms with E-state index >= 15 is 0 Å². The number of nitrogens with zero attached hydrogens (tertiary/aromatic N) is 3. The third-order valence-electron chi connectivity index (χ3n) is 6.66. The van der Waals surface area contributed by atoms with Gasteiger partial charge in [0.2, 0.25) is 0 Å². The van der Waals surface area contributed by atoms with Gasteiger partial charge in [-0.2, -0.15) is 5.26 Å². The number of ketones is 1. The predicted octanol–water partition coefficient (Wildman–Crippen LogP) is 5.49. The number of carbonyl (C=O) groups is 2. The molecule has 0 radical (unpaired) electrons. The maximum Gasteiger partial charge on any atom is 0.257 e. The van der Waals surface area contributed by atoms with Crippen LogP contribution in [0.4, 0.5) is 5.69 Å². The second kappa shape index (κ2) is 8.60. The van der Waals surface area contributed by atoms with E-state index in [0.717, 1.165) is 16.6 Å². The molecular weight excluding hydrogens is 424 g/mol. The van der Waals surface area contributed by atoms with Crippen molar-refractivity contribution in [3.63, 3.8) is 0 Å². The fourth-order valence-corrected chi connectivity index (χ4v) is 4.61. The number of pyridine rings is 1. The number of carbonyl (C=O) groups excluding carboxylic acids is 2. The summed E-state index contributed by atoms with van der Waals surface area (Å²) in [4.78, 5) is 29.3. The van der Waals surface area contributed by atoms with Crippen LogP contribution in [0.1, 0.15) is 47.3 Å². The van der Waals surface area contributed by atoms with E-state index in [1.54, 1.807) is 18.3 Å². The predicted molar refractivity (Wildman–Crippen MR) is 131 cm³/mol. The molecule has 2 aromatic heterocycles. The van der Waals surface area contributed by atoms with Gasteiger partial charge < -0.3 is 9.88 Å². The number of aryl methyl sites for hydroxylation is 1. The second-order valence-corrected chi connectivity index (χ2v) is 8.88. The highest BCUT2D eigenvalue weighted by Crippen LogP contribution is 2.37. The molecule has 6 nitrogen and oxygen atoms in total. The fraction of sp³-hybridized carbons (Fsp3) is 0.214. The molecular formula is C28H24N4O2. The van der Waals surface area contributed by atoms with E-state index in [4.69, 9.17) is 0 Å². The van der Waals surface area contributed by atoms with Crippen molar-refractivity contribution in [1.29, 1.82) is 5.26 Å². The Morgan fingerprint density at radius 3 is 2.47 bits per heavy atom. The highest BCUT2D eigenvalue weighted by Gasteiger charge is 2.37. The van der Waals surface area contributed by atoms with Gasteiger partial charge >= 0.3 is 0 Å². The van der Waals surface area contributed by atoms with Gasteiger partial charge in [-0.1, -0.05) is 35.9 Å². The molecule has 6 heteroatoms. The Kier molecular flexibility index (Phi) is 5.46.